The third kappa shape index (κ3) is 3.23. The molecule has 0 spiro atoms. The summed E-state index contributed by atoms with van der Waals surface area (Å²) in [6, 6.07) is 17.7. The number of benzene rings is 2. The first-order valence-corrected chi connectivity index (χ1v) is 9.00. The van der Waals surface area contributed by atoms with Gasteiger partial charge in [-0.15, -0.1) is 15.3 Å². The summed E-state index contributed by atoms with van der Waals surface area (Å²) in [6.07, 6.45) is 0. The highest BCUT2D eigenvalue weighted by Gasteiger charge is 2.20. The van der Waals surface area contributed by atoms with Gasteiger partial charge in [-0.2, -0.15) is 4.68 Å². The fourth-order valence-electron chi connectivity index (χ4n) is 2.51. The fourth-order valence-corrected chi connectivity index (χ4v) is 3.34. The predicted molar refractivity (Wildman–Crippen MR) is 97.9 cm³/mol. The average molecular weight is 364 g/mol. The molecule has 0 aliphatic carbocycles. The summed E-state index contributed by atoms with van der Waals surface area (Å²) in [7, 11) is 0. The Balaban J connectivity index is 1.57. The molecule has 0 radical (unpaired) electrons. The minimum atomic E-state index is -0.0891. The number of para-hydroxylation sites is 1. The Kier molecular flexibility index (Phi) is 4.49. The molecule has 4 rings (SSSR count). The molecule has 0 saturated heterocycles. The van der Waals surface area contributed by atoms with Gasteiger partial charge in [0.2, 0.25) is 16.9 Å². The summed E-state index contributed by atoms with van der Waals surface area (Å²) in [5.41, 5.74) is 2.94. The number of hydrogen-bond donors (Lipinski definition) is 0. The Labute approximate surface area is 154 Å². The van der Waals surface area contributed by atoms with E-state index >= 15 is 0 Å². The second-order valence-electron chi connectivity index (χ2n) is 5.73. The first kappa shape index (κ1) is 16.5. The van der Waals surface area contributed by atoms with Crippen molar-refractivity contribution in [3.05, 3.63) is 66.1 Å². The molecule has 0 aliphatic rings. The monoisotopic (exact) mass is 364 g/mol. The lowest BCUT2D eigenvalue weighted by molar-refractivity contribution is 0.508. The van der Waals surface area contributed by atoms with E-state index in [0.29, 0.717) is 16.9 Å². The summed E-state index contributed by atoms with van der Waals surface area (Å²) >= 11 is 1.47. The van der Waals surface area contributed by atoms with Gasteiger partial charge in [-0.1, -0.05) is 48.2 Å². The van der Waals surface area contributed by atoms with Gasteiger partial charge in [-0.05, 0) is 48.0 Å². The Morgan fingerprint density at radius 3 is 2.54 bits per heavy atom. The van der Waals surface area contributed by atoms with Crippen molar-refractivity contribution in [3.8, 4) is 17.1 Å². The van der Waals surface area contributed by atoms with Crippen LogP contribution >= 0.6 is 11.8 Å². The normalized spacial score (nSPS) is 12.2. The first-order chi connectivity index (χ1) is 12.7. The minimum absolute atomic E-state index is 0.0891. The van der Waals surface area contributed by atoms with Crippen LogP contribution in [0.3, 0.4) is 0 Å². The molecule has 7 nitrogen and oxygen atoms in total. The van der Waals surface area contributed by atoms with Crippen molar-refractivity contribution in [3.63, 3.8) is 0 Å². The van der Waals surface area contributed by atoms with Crippen LogP contribution < -0.4 is 0 Å². The van der Waals surface area contributed by atoms with Crippen LogP contribution in [0.2, 0.25) is 0 Å². The zero-order chi connectivity index (χ0) is 17.9. The van der Waals surface area contributed by atoms with Crippen molar-refractivity contribution < 1.29 is 4.42 Å². The SMILES string of the molecule is Cc1ccccc1-n1nnnc1S[C@H](C)c1nnc(-c2ccccc2)o1. The van der Waals surface area contributed by atoms with Crippen LogP contribution in [-0.4, -0.2) is 30.4 Å². The van der Waals surface area contributed by atoms with Crippen LogP contribution in [0.1, 0.15) is 23.6 Å². The van der Waals surface area contributed by atoms with Gasteiger partial charge >= 0.3 is 0 Å². The number of tetrazole rings is 1. The second kappa shape index (κ2) is 7.09. The molecule has 1 atom stereocenters. The largest absolute Gasteiger partial charge is 0.419 e. The summed E-state index contributed by atoms with van der Waals surface area (Å²) < 4.78 is 7.56. The minimum Gasteiger partial charge on any atom is -0.419 e. The Hall–Kier alpha value is -3.00. The van der Waals surface area contributed by atoms with Crippen LogP contribution in [0, 0.1) is 6.92 Å². The highest BCUT2D eigenvalue weighted by atomic mass is 32.2. The van der Waals surface area contributed by atoms with Gasteiger partial charge in [0.15, 0.2) is 0 Å². The molecular formula is C18H16N6OS. The molecule has 8 heteroatoms. The number of aryl methyl sites for hydroxylation is 1. The number of hydrogen-bond acceptors (Lipinski definition) is 7. The van der Waals surface area contributed by atoms with Gasteiger partial charge in [0, 0.05) is 5.56 Å². The van der Waals surface area contributed by atoms with E-state index in [2.05, 4.69) is 25.7 Å². The van der Waals surface area contributed by atoms with Gasteiger partial charge in [-0.25, -0.2) is 0 Å². The lowest BCUT2D eigenvalue weighted by Crippen LogP contribution is -2.02. The first-order valence-electron chi connectivity index (χ1n) is 8.12. The molecule has 130 valence electrons. The number of rotatable bonds is 5. The smallest absolute Gasteiger partial charge is 0.247 e. The molecule has 26 heavy (non-hydrogen) atoms. The molecule has 0 bridgehead atoms. The highest BCUT2D eigenvalue weighted by Crippen LogP contribution is 2.34. The van der Waals surface area contributed by atoms with Crippen molar-refractivity contribution >= 4 is 11.8 Å². The zero-order valence-corrected chi connectivity index (χ0v) is 15.1. The Bertz CT molecular complexity index is 1010. The maximum atomic E-state index is 5.83. The van der Waals surface area contributed by atoms with Crippen molar-refractivity contribution in [1.82, 2.24) is 30.4 Å². The molecule has 0 unspecified atom stereocenters. The predicted octanol–water partition coefficient (Wildman–Crippen LogP) is 3.87. The van der Waals surface area contributed by atoms with E-state index in [1.54, 1.807) is 4.68 Å². The molecule has 0 fully saturated rings. The summed E-state index contributed by atoms with van der Waals surface area (Å²) in [4.78, 5) is 0. The van der Waals surface area contributed by atoms with E-state index in [1.165, 1.54) is 11.8 Å². The van der Waals surface area contributed by atoms with Crippen LogP contribution in [0.25, 0.3) is 17.1 Å². The van der Waals surface area contributed by atoms with Crippen LogP contribution in [-0.2, 0) is 0 Å². The Morgan fingerprint density at radius 2 is 1.73 bits per heavy atom. The molecule has 2 aromatic heterocycles. The summed E-state index contributed by atoms with van der Waals surface area (Å²) in [5, 5.41) is 21.0. The van der Waals surface area contributed by atoms with Crippen LogP contribution in [0.4, 0.5) is 0 Å². The quantitative estimate of drug-likeness (QED) is 0.497. The third-order valence-corrected chi connectivity index (χ3v) is 4.90. The van der Waals surface area contributed by atoms with Gasteiger partial charge in [0.1, 0.15) is 0 Å². The highest BCUT2D eigenvalue weighted by molar-refractivity contribution is 7.99. The van der Waals surface area contributed by atoms with Gasteiger partial charge < -0.3 is 4.42 Å². The maximum absolute atomic E-state index is 5.83. The molecule has 0 N–H and O–H groups in total. The van der Waals surface area contributed by atoms with E-state index in [9.17, 15) is 0 Å². The molecule has 0 amide bonds. The summed E-state index contributed by atoms with van der Waals surface area (Å²) in [6.45, 7) is 4.02. The van der Waals surface area contributed by atoms with E-state index in [0.717, 1.165) is 16.8 Å². The van der Waals surface area contributed by atoms with Crippen molar-refractivity contribution in [2.24, 2.45) is 0 Å². The maximum Gasteiger partial charge on any atom is 0.247 e. The molecule has 2 aromatic carbocycles. The number of aromatic nitrogens is 6. The standard InChI is InChI=1S/C18H16N6OS/c1-12-8-6-7-11-15(12)24-18(21-22-23-24)26-13(2)16-19-20-17(25-16)14-9-4-3-5-10-14/h3-11,13H,1-2H3/t13-/m1/s1. The molecular weight excluding hydrogens is 348 g/mol. The van der Waals surface area contributed by atoms with E-state index < -0.39 is 0 Å². The number of nitrogens with zero attached hydrogens (tertiary/aromatic N) is 6. The molecule has 2 heterocycles. The van der Waals surface area contributed by atoms with E-state index in [-0.39, 0.29) is 5.25 Å². The van der Waals surface area contributed by atoms with E-state index in [1.807, 2.05) is 68.4 Å². The topological polar surface area (TPSA) is 82.5 Å². The molecule has 0 aliphatic heterocycles. The second-order valence-corrected chi connectivity index (χ2v) is 7.04. The molecule has 0 saturated carbocycles. The lowest BCUT2D eigenvalue weighted by atomic mass is 10.2. The Morgan fingerprint density at radius 1 is 0.962 bits per heavy atom. The molecule has 4 aromatic rings. The van der Waals surface area contributed by atoms with Crippen LogP contribution in [0.15, 0.2) is 64.2 Å². The van der Waals surface area contributed by atoms with Gasteiger partial charge in [0.05, 0.1) is 10.9 Å². The van der Waals surface area contributed by atoms with Crippen molar-refractivity contribution in [2.45, 2.75) is 24.3 Å². The van der Waals surface area contributed by atoms with E-state index in [4.69, 9.17) is 4.42 Å². The lowest BCUT2D eigenvalue weighted by Gasteiger charge is -2.09. The van der Waals surface area contributed by atoms with Gasteiger partial charge in [-0.3, -0.25) is 0 Å². The number of thioether (sulfide) groups is 1. The fraction of sp³-hybridized carbons (Fsp3) is 0.167. The average Bonchev–Trinajstić information content (AvgIpc) is 3.33. The van der Waals surface area contributed by atoms with Crippen molar-refractivity contribution in [1.29, 1.82) is 0 Å². The zero-order valence-electron chi connectivity index (χ0n) is 14.3. The summed E-state index contributed by atoms with van der Waals surface area (Å²) in [5.74, 6) is 1.04. The third-order valence-electron chi connectivity index (χ3n) is 3.88. The van der Waals surface area contributed by atoms with Gasteiger partial charge in [0.25, 0.3) is 0 Å². The van der Waals surface area contributed by atoms with Crippen LogP contribution in [0.5, 0.6) is 0 Å². The van der Waals surface area contributed by atoms with Crippen molar-refractivity contribution in [2.75, 3.05) is 0 Å².